The molecule has 0 aliphatic rings. The maximum atomic E-state index is 13.4. The Hall–Kier alpha value is -1.30. The second kappa shape index (κ2) is 5.56. The average molecular weight is 358 g/mol. The van der Waals surface area contributed by atoms with Crippen LogP contribution in [0, 0.1) is 15.2 Å². The van der Waals surface area contributed by atoms with Crippen molar-refractivity contribution in [3.8, 4) is 0 Å². The normalized spacial score (nSPS) is 10.4. The molecule has 0 radical (unpaired) electrons. The number of carbonyl (C=O) groups is 1. The summed E-state index contributed by atoms with van der Waals surface area (Å²) < 4.78 is 27.0. The van der Waals surface area contributed by atoms with E-state index in [-0.39, 0.29) is 17.8 Å². The lowest BCUT2D eigenvalue weighted by molar-refractivity contribution is 0.0991. The van der Waals surface area contributed by atoms with Crippen molar-refractivity contribution < 1.29 is 13.6 Å². The molecule has 1 nitrogen and oxygen atoms in total. The van der Waals surface area contributed by atoms with Crippen LogP contribution in [-0.2, 0) is 6.42 Å². The Morgan fingerprint density at radius 1 is 1.11 bits per heavy atom. The SMILES string of the molecule is O=C(Cc1ccc(F)cc1F)c1ccccc1I. The molecule has 0 aliphatic heterocycles. The van der Waals surface area contributed by atoms with Gasteiger partial charge in [0.25, 0.3) is 0 Å². The minimum Gasteiger partial charge on any atom is -0.294 e. The van der Waals surface area contributed by atoms with Gasteiger partial charge in [0.05, 0.1) is 0 Å². The monoisotopic (exact) mass is 358 g/mol. The standard InChI is InChI=1S/C14H9F2IO/c15-10-6-5-9(12(16)8-10)7-14(18)11-3-1-2-4-13(11)17/h1-6,8H,7H2. The zero-order valence-corrected chi connectivity index (χ0v) is 11.4. The summed E-state index contributed by atoms with van der Waals surface area (Å²) >= 11 is 2.06. The molecule has 2 aromatic carbocycles. The average Bonchev–Trinajstić information content (AvgIpc) is 2.33. The molecule has 0 unspecified atom stereocenters. The van der Waals surface area contributed by atoms with E-state index < -0.39 is 11.6 Å². The van der Waals surface area contributed by atoms with E-state index in [1.807, 2.05) is 12.1 Å². The zero-order chi connectivity index (χ0) is 13.1. The molecule has 92 valence electrons. The largest absolute Gasteiger partial charge is 0.294 e. The van der Waals surface area contributed by atoms with Crippen molar-refractivity contribution in [2.45, 2.75) is 6.42 Å². The summed E-state index contributed by atoms with van der Waals surface area (Å²) in [6.07, 6.45) is -0.0634. The van der Waals surface area contributed by atoms with Crippen LogP contribution in [0.5, 0.6) is 0 Å². The predicted molar refractivity (Wildman–Crippen MR) is 73.6 cm³/mol. The van der Waals surface area contributed by atoms with Gasteiger partial charge < -0.3 is 0 Å². The smallest absolute Gasteiger partial charge is 0.168 e. The molecule has 0 bridgehead atoms. The molecule has 0 aromatic heterocycles. The fourth-order valence-corrected chi connectivity index (χ4v) is 2.31. The molecule has 0 saturated heterocycles. The summed E-state index contributed by atoms with van der Waals surface area (Å²) in [4.78, 5) is 12.0. The van der Waals surface area contributed by atoms with Gasteiger partial charge in [-0.1, -0.05) is 24.3 Å². The summed E-state index contributed by atoms with van der Waals surface area (Å²) in [6.45, 7) is 0. The Morgan fingerprint density at radius 2 is 1.83 bits per heavy atom. The van der Waals surface area contributed by atoms with E-state index in [0.29, 0.717) is 5.56 Å². The number of ketones is 1. The van der Waals surface area contributed by atoms with Crippen LogP contribution in [0.3, 0.4) is 0 Å². The molecule has 4 heteroatoms. The first-order valence-electron chi connectivity index (χ1n) is 5.29. The molecular weight excluding hydrogens is 349 g/mol. The third-order valence-corrected chi connectivity index (χ3v) is 3.48. The van der Waals surface area contributed by atoms with Crippen LogP contribution < -0.4 is 0 Å². The molecule has 0 aliphatic carbocycles. The van der Waals surface area contributed by atoms with Crippen LogP contribution in [0.1, 0.15) is 15.9 Å². The second-order valence-electron chi connectivity index (χ2n) is 3.82. The molecule has 0 heterocycles. The molecule has 18 heavy (non-hydrogen) atoms. The summed E-state index contributed by atoms with van der Waals surface area (Å²) in [5.41, 5.74) is 0.767. The highest BCUT2D eigenvalue weighted by molar-refractivity contribution is 14.1. The van der Waals surface area contributed by atoms with Gasteiger partial charge in [0.15, 0.2) is 5.78 Å². The van der Waals surface area contributed by atoms with Crippen molar-refractivity contribution in [1.82, 2.24) is 0 Å². The van der Waals surface area contributed by atoms with Crippen molar-refractivity contribution >= 4 is 28.4 Å². The maximum absolute atomic E-state index is 13.4. The van der Waals surface area contributed by atoms with Gasteiger partial charge in [-0.25, -0.2) is 8.78 Å². The lowest BCUT2D eigenvalue weighted by Crippen LogP contribution is -2.07. The highest BCUT2D eigenvalue weighted by atomic mass is 127. The molecule has 0 amide bonds. The third kappa shape index (κ3) is 2.93. The molecule has 0 atom stereocenters. The Balaban J connectivity index is 2.24. The molecule has 0 N–H and O–H groups in total. The van der Waals surface area contributed by atoms with Gasteiger partial charge in [-0.3, -0.25) is 4.79 Å². The van der Waals surface area contributed by atoms with Gasteiger partial charge in [-0.15, -0.1) is 0 Å². The van der Waals surface area contributed by atoms with Gasteiger partial charge in [-0.2, -0.15) is 0 Å². The topological polar surface area (TPSA) is 17.1 Å². The number of hydrogen-bond donors (Lipinski definition) is 0. The fourth-order valence-electron chi connectivity index (χ4n) is 1.62. The van der Waals surface area contributed by atoms with E-state index in [2.05, 4.69) is 22.6 Å². The number of Topliss-reactive ketones (excluding diaryl/α,β-unsaturated/α-hetero) is 1. The Labute approximate surface area is 117 Å². The molecular formula is C14H9F2IO. The van der Waals surface area contributed by atoms with Crippen molar-refractivity contribution in [1.29, 1.82) is 0 Å². The Kier molecular flexibility index (Phi) is 4.06. The van der Waals surface area contributed by atoms with Gasteiger partial charge in [-0.05, 0) is 40.3 Å². The molecule has 2 aromatic rings. The van der Waals surface area contributed by atoms with E-state index in [0.717, 1.165) is 15.7 Å². The maximum Gasteiger partial charge on any atom is 0.168 e. The van der Waals surface area contributed by atoms with E-state index in [1.165, 1.54) is 6.07 Å². The lowest BCUT2D eigenvalue weighted by atomic mass is 10.0. The number of halogens is 3. The van der Waals surface area contributed by atoms with Crippen molar-refractivity contribution in [3.05, 3.63) is 68.8 Å². The molecule has 0 saturated carbocycles. The van der Waals surface area contributed by atoms with Crippen LogP contribution in [0.15, 0.2) is 42.5 Å². The van der Waals surface area contributed by atoms with Gasteiger partial charge in [0, 0.05) is 21.6 Å². The first-order valence-corrected chi connectivity index (χ1v) is 6.37. The third-order valence-electron chi connectivity index (χ3n) is 2.54. The first-order chi connectivity index (χ1) is 8.58. The first kappa shape index (κ1) is 13.1. The minimum atomic E-state index is -0.686. The van der Waals surface area contributed by atoms with Crippen LogP contribution in [-0.4, -0.2) is 5.78 Å². The van der Waals surface area contributed by atoms with Gasteiger partial charge >= 0.3 is 0 Å². The van der Waals surface area contributed by atoms with E-state index in [1.54, 1.807) is 12.1 Å². The molecule has 0 fully saturated rings. The predicted octanol–water partition coefficient (Wildman–Crippen LogP) is 3.99. The molecule has 0 spiro atoms. The molecule has 2 rings (SSSR count). The van der Waals surface area contributed by atoms with Gasteiger partial charge in [0.1, 0.15) is 11.6 Å². The number of rotatable bonds is 3. The van der Waals surface area contributed by atoms with E-state index in [9.17, 15) is 13.6 Å². The lowest BCUT2D eigenvalue weighted by Gasteiger charge is -2.05. The van der Waals surface area contributed by atoms with Crippen molar-refractivity contribution in [2.75, 3.05) is 0 Å². The van der Waals surface area contributed by atoms with Crippen molar-refractivity contribution in [3.63, 3.8) is 0 Å². The second-order valence-corrected chi connectivity index (χ2v) is 4.98. The van der Waals surface area contributed by atoms with E-state index in [4.69, 9.17) is 0 Å². The summed E-state index contributed by atoms with van der Waals surface area (Å²) in [7, 11) is 0. The minimum absolute atomic E-state index is 0.0634. The highest BCUT2D eigenvalue weighted by Gasteiger charge is 2.13. The van der Waals surface area contributed by atoms with Crippen LogP contribution in [0.25, 0.3) is 0 Å². The highest BCUT2D eigenvalue weighted by Crippen LogP contribution is 2.16. The number of carbonyl (C=O) groups excluding carboxylic acids is 1. The summed E-state index contributed by atoms with van der Waals surface area (Å²) in [6, 6.07) is 10.4. The van der Waals surface area contributed by atoms with Crippen LogP contribution in [0.4, 0.5) is 8.78 Å². The Bertz CT molecular complexity index is 596. The summed E-state index contributed by atoms with van der Waals surface area (Å²) in [5.74, 6) is -1.50. The van der Waals surface area contributed by atoms with Crippen molar-refractivity contribution in [2.24, 2.45) is 0 Å². The van der Waals surface area contributed by atoms with Crippen LogP contribution in [0.2, 0.25) is 0 Å². The number of benzene rings is 2. The Morgan fingerprint density at radius 3 is 2.50 bits per heavy atom. The van der Waals surface area contributed by atoms with Crippen LogP contribution >= 0.6 is 22.6 Å². The summed E-state index contributed by atoms with van der Waals surface area (Å²) in [5, 5.41) is 0. The quantitative estimate of drug-likeness (QED) is 0.599. The van der Waals surface area contributed by atoms with Gasteiger partial charge in [0.2, 0.25) is 0 Å². The zero-order valence-electron chi connectivity index (χ0n) is 9.29. The fraction of sp³-hybridized carbons (Fsp3) is 0.0714. The number of hydrogen-bond acceptors (Lipinski definition) is 1. The van der Waals surface area contributed by atoms with E-state index >= 15 is 0 Å².